The van der Waals surface area contributed by atoms with E-state index in [1.54, 1.807) is 60.5 Å². The Kier molecular flexibility index (Phi) is 5.16. The number of fused-ring (bicyclic) bond motifs is 1. The number of nitrogens with one attached hydrogen (secondary N) is 1. The Labute approximate surface area is 177 Å². The van der Waals surface area contributed by atoms with E-state index in [0.717, 1.165) is 0 Å². The van der Waals surface area contributed by atoms with E-state index >= 15 is 0 Å². The number of rotatable bonds is 5. The van der Waals surface area contributed by atoms with E-state index in [1.807, 2.05) is 6.92 Å². The van der Waals surface area contributed by atoms with Crippen molar-refractivity contribution in [1.82, 2.24) is 9.78 Å². The zero-order valence-electron chi connectivity index (χ0n) is 16.9. The number of aromatic nitrogens is 2. The summed E-state index contributed by atoms with van der Waals surface area (Å²) < 4.78 is 6.61. The predicted octanol–water partition coefficient (Wildman–Crippen LogP) is 3.26. The second-order valence-corrected chi connectivity index (χ2v) is 7.15. The predicted molar refractivity (Wildman–Crippen MR) is 113 cm³/mol. The van der Waals surface area contributed by atoms with Crippen molar-refractivity contribution in [2.75, 3.05) is 17.3 Å². The number of methoxy groups -OCH3 is 1. The van der Waals surface area contributed by atoms with E-state index in [1.165, 1.54) is 10.9 Å². The van der Waals surface area contributed by atoms with Crippen molar-refractivity contribution in [2.45, 2.75) is 19.5 Å². The lowest BCUT2D eigenvalue weighted by Gasteiger charge is -2.34. The van der Waals surface area contributed by atoms with E-state index in [4.69, 9.17) is 9.84 Å². The highest BCUT2D eigenvalue weighted by molar-refractivity contribution is 6.12. The zero-order chi connectivity index (χ0) is 22.1. The SMILES string of the molecule is COc1ccc(C(=O)c2ccc(N3C(=O)c4c(NC(=O)O)cnn4CC3C)cc2)cc1. The molecular formula is C22H20N4O5. The summed E-state index contributed by atoms with van der Waals surface area (Å²) in [5.41, 5.74) is 1.95. The van der Waals surface area contributed by atoms with Crippen LogP contribution >= 0.6 is 0 Å². The van der Waals surface area contributed by atoms with Gasteiger partial charge in [0.05, 0.1) is 31.6 Å². The lowest BCUT2D eigenvalue weighted by atomic mass is 10.0. The molecule has 1 aromatic heterocycles. The Bertz CT molecular complexity index is 1150. The molecule has 3 aromatic rings. The smallest absolute Gasteiger partial charge is 0.409 e. The van der Waals surface area contributed by atoms with E-state index < -0.39 is 6.09 Å². The highest BCUT2D eigenvalue weighted by Gasteiger charge is 2.34. The average molecular weight is 420 g/mol. The minimum Gasteiger partial charge on any atom is -0.497 e. The summed E-state index contributed by atoms with van der Waals surface area (Å²) in [7, 11) is 1.56. The molecule has 0 spiro atoms. The van der Waals surface area contributed by atoms with Gasteiger partial charge in [-0.05, 0) is 55.5 Å². The maximum atomic E-state index is 13.1. The molecule has 2 aromatic carbocycles. The summed E-state index contributed by atoms with van der Waals surface area (Å²) in [6.45, 7) is 2.29. The molecule has 1 atom stereocenters. The molecule has 0 radical (unpaired) electrons. The van der Waals surface area contributed by atoms with Gasteiger partial charge in [-0.1, -0.05) is 0 Å². The summed E-state index contributed by atoms with van der Waals surface area (Å²) in [5, 5.41) is 15.3. The van der Waals surface area contributed by atoms with Crippen molar-refractivity contribution in [2.24, 2.45) is 0 Å². The van der Waals surface area contributed by atoms with Gasteiger partial charge >= 0.3 is 6.09 Å². The molecule has 1 aliphatic rings. The van der Waals surface area contributed by atoms with E-state index in [2.05, 4.69) is 10.4 Å². The fourth-order valence-electron chi connectivity index (χ4n) is 3.66. The van der Waals surface area contributed by atoms with Gasteiger partial charge in [-0.25, -0.2) is 4.79 Å². The third kappa shape index (κ3) is 3.73. The number of nitrogens with zero attached hydrogens (tertiary/aromatic N) is 3. The van der Waals surface area contributed by atoms with Gasteiger partial charge < -0.3 is 14.7 Å². The standard InChI is InChI=1S/C22H20N4O5/c1-13-12-25-19(18(11-23-25)24-22(29)30)21(28)26(13)16-7-3-14(4-8-16)20(27)15-5-9-17(31-2)10-6-15/h3-11,13,24H,12H2,1-2H3,(H,29,30). The highest BCUT2D eigenvalue weighted by atomic mass is 16.5. The first-order chi connectivity index (χ1) is 14.9. The third-order valence-corrected chi connectivity index (χ3v) is 5.14. The number of carboxylic acid groups (broad SMARTS) is 1. The monoisotopic (exact) mass is 420 g/mol. The number of carbonyl (C=O) groups excluding carboxylic acids is 2. The first-order valence-corrected chi connectivity index (χ1v) is 9.57. The molecule has 158 valence electrons. The molecule has 2 N–H and O–H groups in total. The quantitative estimate of drug-likeness (QED) is 0.613. The summed E-state index contributed by atoms with van der Waals surface area (Å²) in [6.07, 6.45) is 0.0592. The molecule has 1 unspecified atom stereocenters. The van der Waals surface area contributed by atoms with Gasteiger partial charge in [0.25, 0.3) is 5.91 Å². The van der Waals surface area contributed by atoms with Crippen LogP contribution in [-0.2, 0) is 6.54 Å². The third-order valence-electron chi connectivity index (χ3n) is 5.14. The Balaban J connectivity index is 1.60. The number of ether oxygens (including phenoxy) is 1. The van der Waals surface area contributed by atoms with Crippen molar-refractivity contribution in [3.63, 3.8) is 0 Å². The van der Waals surface area contributed by atoms with Crippen molar-refractivity contribution in [3.05, 3.63) is 71.5 Å². The molecule has 1 aliphatic heterocycles. The molecule has 2 amide bonds. The van der Waals surface area contributed by atoms with Crippen LogP contribution in [0.2, 0.25) is 0 Å². The van der Waals surface area contributed by atoms with Crippen molar-refractivity contribution >= 4 is 29.2 Å². The van der Waals surface area contributed by atoms with Crippen LogP contribution in [0.25, 0.3) is 0 Å². The van der Waals surface area contributed by atoms with Gasteiger partial charge in [0.1, 0.15) is 5.75 Å². The Hall–Kier alpha value is -4.14. The molecule has 4 rings (SSSR count). The second kappa shape index (κ2) is 7.94. The number of hydrogen-bond donors (Lipinski definition) is 2. The number of hydrogen-bond acceptors (Lipinski definition) is 5. The maximum absolute atomic E-state index is 13.1. The summed E-state index contributed by atoms with van der Waals surface area (Å²) >= 11 is 0. The fourth-order valence-corrected chi connectivity index (χ4v) is 3.66. The molecule has 9 nitrogen and oxygen atoms in total. The minimum atomic E-state index is -1.27. The molecule has 31 heavy (non-hydrogen) atoms. The molecule has 2 heterocycles. The van der Waals surface area contributed by atoms with Gasteiger partial charge in [0.2, 0.25) is 0 Å². The van der Waals surface area contributed by atoms with Crippen LogP contribution < -0.4 is 15.0 Å². The Morgan fingerprint density at radius 1 is 1.10 bits per heavy atom. The van der Waals surface area contributed by atoms with Gasteiger partial charge in [0, 0.05) is 16.8 Å². The van der Waals surface area contributed by atoms with Gasteiger partial charge in [-0.15, -0.1) is 0 Å². The molecule has 0 saturated carbocycles. The topological polar surface area (TPSA) is 114 Å². The number of carbonyl (C=O) groups is 3. The van der Waals surface area contributed by atoms with Crippen molar-refractivity contribution in [1.29, 1.82) is 0 Å². The summed E-state index contributed by atoms with van der Waals surface area (Å²) in [6, 6.07) is 13.4. The fraction of sp³-hybridized carbons (Fsp3) is 0.182. The van der Waals surface area contributed by atoms with E-state index in [-0.39, 0.29) is 29.1 Å². The molecule has 0 aliphatic carbocycles. The average Bonchev–Trinajstić information content (AvgIpc) is 3.15. The van der Waals surface area contributed by atoms with Crippen LogP contribution in [0, 0.1) is 0 Å². The van der Waals surface area contributed by atoms with Crippen LogP contribution in [0.15, 0.2) is 54.7 Å². The lowest BCUT2D eigenvalue weighted by Crippen LogP contribution is -2.47. The summed E-state index contributed by atoms with van der Waals surface area (Å²) in [4.78, 5) is 38.5. The van der Waals surface area contributed by atoms with E-state index in [0.29, 0.717) is 29.1 Å². The molecule has 0 saturated heterocycles. The first-order valence-electron chi connectivity index (χ1n) is 9.57. The zero-order valence-corrected chi connectivity index (χ0v) is 16.9. The Morgan fingerprint density at radius 2 is 1.71 bits per heavy atom. The van der Waals surface area contributed by atoms with Gasteiger partial charge in [0.15, 0.2) is 11.5 Å². The van der Waals surface area contributed by atoms with Crippen molar-refractivity contribution < 1.29 is 24.2 Å². The highest BCUT2D eigenvalue weighted by Crippen LogP contribution is 2.29. The van der Waals surface area contributed by atoms with Crippen LogP contribution in [0.1, 0.15) is 33.3 Å². The van der Waals surface area contributed by atoms with Crippen LogP contribution in [0.4, 0.5) is 16.2 Å². The lowest BCUT2D eigenvalue weighted by molar-refractivity contribution is 0.0947. The van der Waals surface area contributed by atoms with Gasteiger partial charge in [-0.2, -0.15) is 5.10 Å². The maximum Gasteiger partial charge on any atom is 0.409 e. The molecule has 0 fully saturated rings. The Morgan fingerprint density at radius 3 is 2.29 bits per heavy atom. The summed E-state index contributed by atoms with van der Waals surface area (Å²) in [5.74, 6) is 0.160. The van der Waals surface area contributed by atoms with Gasteiger partial charge in [-0.3, -0.25) is 19.6 Å². The van der Waals surface area contributed by atoms with Crippen molar-refractivity contribution in [3.8, 4) is 5.75 Å². The number of amides is 2. The largest absolute Gasteiger partial charge is 0.497 e. The second-order valence-electron chi connectivity index (χ2n) is 7.15. The number of anilines is 2. The minimum absolute atomic E-state index is 0.140. The number of ketones is 1. The van der Waals surface area contributed by atoms with Crippen LogP contribution in [-0.4, -0.2) is 45.8 Å². The molecular weight excluding hydrogens is 400 g/mol. The van der Waals surface area contributed by atoms with Crippen LogP contribution in [0.5, 0.6) is 5.75 Å². The molecule has 0 bridgehead atoms. The number of benzene rings is 2. The van der Waals surface area contributed by atoms with E-state index in [9.17, 15) is 14.4 Å². The first kappa shape index (κ1) is 20.1. The van der Waals surface area contributed by atoms with Crippen LogP contribution in [0.3, 0.4) is 0 Å². The normalized spacial score (nSPS) is 15.4. The molecule has 9 heteroatoms.